The van der Waals surface area contributed by atoms with Crippen LogP contribution in [0.4, 0.5) is 5.69 Å². The summed E-state index contributed by atoms with van der Waals surface area (Å²) in [6, 6.07) is 25.1. The molecule has 0 heterocycles. The minimum absolute atomic E-state index is 0.0599. The molecule has 0 aromatic heterocycles. The number of carboxylic acids is 1. The summed E-state index contributed by atoms with van der Waals surface area (Å²) in [6.45, 7) is 0. The van der Waals surface area contributed by atoms with E-state index in [0.29, 0.717) is 0 Å². The number of anilines is 1. The van der Waals surface area contributed by atoms with Crippen molar-refractivity contribution >= 4 is 28.3 Å². The third-order valence-electron chi connectivity index (χ3n) is 4.91. The first kappa shape index (κ1) is 19.2. The molecular formula is C25H19NO4. The molecule has 4 rings (SSSR count). The number of hydrogen-bond donors (Lipinski definition) is 3. The van der Waals surface area contributed by atoms with Gasteiger partial charge in [-0.1, -0.05) is 60.7 Å². The summed E-state index contributed by atoms with van der Waals surface area (Å²) >= 11 is 0. The molecule has 0 saturated heterocycles. The number of aromatic hydroxyl groups is 1. The molecule has 0 radical (unpaired) electrons. The van der Waals surface area contributed by atoms with E-state index in [1.165, 1.54) is 0 Å². The molecule has 1 amide bonds. The van der Waals surface area contributed by atoms with Crippen LogP contribution in [0.5, 0.6) is 5.75 Å². The van der Waals surface area contributed by atoms with Crippen LogP contribution >= 0.6 is 0 Å². The van der Waals surface area contributed by atoms with E-state index < -0.39 is 5.97 Å². The first-order valence-electron chi connectivity index (χ1n) is 9.44. The van der Waals surface area contributed by atoms with Gasteiger partial charge in [0.25, 0.3) is 0 Å². The van der Waals surface area contributed by atoms with Crippen molar-refractivity contribution in [3.63, 3.8) is 0 Å². The van der Waals surface area contributed by atoms with Crippen molar-refractivity contribution in [2.45, 2.75) is 6.42 Å². The Morgan fingerprint density at radius 1 is 0.767 bits per heavy atom. The molecule has 5 heteroatoms. The highest BCUT2D eigenvalue weighted by Crippen LogP contribution is 2.25. The average Bonchev–Trinajstić information content (AvgIpc) is 2.74. The van der Waals surface area contributed by atoms with Gasteiger partial charge in [0.05, 0.1) is 17.7 Å². The smallest absolute Gasteiger partial charge is 0.337 e. The number of amides is 1. The van der Waals surface area contributed by atoms with Gasteiger partial charge in [-0.25, -0.2) is 4.79 Å². The van der Waals surface area contributed by atoms with Gasteiger partial charge >= 0.3 is 5.97 Å². The molecule has 0 bridgehead atoms. The lowest BCUT2D eigenvalue weighted by atomic mass is 10.0. The van der Waals surface area contributed by atoms with Gasteiger partial charge in [0, 0.05) is 0 Å². The zero-order valence-corrected chi connectivity index (χ0v) is 16.0. The van der Waals surface area contributed by atoms with Crippen LogP contribution < -0.4 is 5.32 Å². The maximum atomic E-state index is 12.6. The number of carbonyl (C=O) groups is 2. The maximum absolute atomic E-state index is 12.6. The van der Waals surface area contributed by atoms with Crippen molar-refractivity contribution in [1.82, 2.24) is 0 Å². The predicted octanol–water partition coefficient (Wildman–Crippen LogP) is 5.09. The molecule has 0 saturated carbocycles. The van der Waals surface area contributed by atoms with Gasteiger partial charge in [0.15, 0.2) is 0 Å². The normalized spacial score (nSPS) is 10.7. The molecule has 0 atom stereocenters. The number of phenolic OH excluding ortho intramolecular Hbond substituents is 1. The molecule has 0 aliphatic rings. The summed E-state index contributed by atoms with van der Waals surface area (Å²) in [4.78, 5) is 24.2. The van der Waals surface area contributed by atoms with Crippen LogP contribution in [0.25, 0.3) is 21.9 Å². The van der Waals surface area contributed by atoms with Gasteiger partial charge in [-0.15, -0.1) is 0 Å². The average molecular weight is 397 g/mol. The van der Waals surface area contributed by atoms with Crippen molar-refractivity contribution in [3.05, 3.63) is 96.1 Å². The highest BCUT2D eigenvalue weighted by molar-refractivity contribution is 6.05. The van der Waals surface area contributed by atoms with Crippen LogP contribution in [-0.2, 0) is 11.2 Å². The van der Waals surface area contributed by atoms with E-state index in [2.05, 4.69) is 5.32 Å². The second-order valence-electron chi connectivity index (χ2n) is 7.02. The van der Waals surface area contributed by atoms with E-state index in [9.17, 15) is 19.8 Å². The zero-order chi connectivity index (χ0) is 21.1. The van der Waals surface area contributed by atoms with Crippen LogP contribution in [0, 0.1) is 0 Å². The summed E-state index contributed by atoms with van der Waals surface area (Å²) in [5, 5.41) is 23.3. The van der Waals surface area contributed by atoms with Crippen LogP contribution in [-0.4, -0.2) is 22.1 Å². The number of benzene rings is 4. The SMILES string of the molecule is O=C(Cc1ccc(-c2ccc(O)cc2)cc1)Nc1cc2ccccc2cc1C(=O)O. The van der Waals surface area contributed by atoms with Crippen LogP contribution in [0.2, 0.25) is 0 Å². The Morgan fingerprint density at radius 3 is 1.93 bits per heavy atom. The molecule has 3 N–H and O–H groups in total. The monoisotopic (exact) mass is 397 g/mol. The summed E-state index contributed by atoms with van der Waals surface area (Å²) in [5.41, 5.74) is 3.09. The van der Waals surface area contributed by atoms with E-state index in [1.54, 1.807) is 24.3 Å². The number of fused-ring (bicyclic) bond motifs is 1. The highest BCUT2D eigenvalue weighted by atomic mass is 16.4. The Balaban J connectivity index is 1.51. The van der Waals surface area contributed by atoms with Crippen molar-refractivity contribution in [2.75, 3.05) is 5.32 Å². The number of rotatable bonds is 5. The van der Waals surface area contributed by atoms with Gasteiger partial charge in [0.1, 0.15) is 5.75 Å². The van der Waals surface area contributed by atoms with E-state index in [-0.39, 0.29) is 29.3 Å². The predicted molar refractivity (Wildman–Crippen MR) is 117 cm³/mol. The van der Waals surface area contributed by atoms with Crippen molar-refractivity contribution in [2.24, 2.45) is 0 Å². The lowest BCUT2D eigenvalue weighted by Gasteiger charge is -2.11. The number of phenols is 1. The lowest BCUT2D eigenvalue weighted by Crippen LogP contribution is -2.16. The van der Waals surface area contributed by atoms with Crippen molar-refractivity contribution in [3.8, 4) is 16.9 Å². The summed E-state index contributed by atoms with van der Waals surface area (Å²) < 4.78 is 0. The van der Waals surface area contributed by atoms with E-state index in [4.69, 9.17) is 0 Å². The molecule has 0 aliphatic carbocycles. The summed E-state index contributed by atoms with van der Waals surface area (Å²) in [6.07, 6.45) is 0.127. The first-order chi connectivity index (χ1) is 14.5. The van der Waals surface area contributed by atoms with E-state index in [1.807, 2.05) is 60.7 Å². The minimum Gasteiger partial charge on any atom is -0.508 e. The minimum atomic E-state index is -1.09. The molecule has 30 heavy (non-hydrogen) atoms. The van der Waals surface area contributed by atoms with E-state index in [0.717, 1.165) is 27.5 Å². The third kappa shape index (κ3) is 4.15. The first-order valence-corrected chi connectivity index (χ1v) is 9.44. The Morgan fingerprint density at radius 2 is 1.33 bits per heavy atom. The van der Waals surface area contributed by atoms with Gasteiger partial charge < -0.3 is 15.5 Å². The number of hydrogen-bond acceptors (Lipinski definition) is 3. The molecule has 0 unspecified atom stereocenters. The second kappa shape index (κ2) is 8.09. The molecular weight excluding hydrogens is 378 g/mol. The van der Waals surface area contributed by atoms with Crippen LogP contribution in [0.15, 0.2) is 84.9 Å². The Hall–Kier alpha value is -4.12. The molecule has 0 aliphatic heterocycles. The fraction of sp³-hybridized carbons (Fsp3) is 0.0400. The zero-order valence-electron chi connectivity index (χ0n) is 16.0. The Labute approximate surface area is 173 Å². The van der Waals surface area contributed by atoms with Gasteiger partial charge in [-0.3, -0.25) is 4.79 Å². The lowest BCUT2D eigenvalue weighted by molar-refractivity contribution is -0.115. The van der Waals surface area contributed by atoms with Crippen molar-refractivity contribution in [1.29, 1.82) is 0 Å². The fourth-order valence-electron chi connectivity index (χ4n) is 3.37. The molecule has 148 valence electrons. The second-order valence-corrected chi connectivity index (χ2v) is 7.02. The number of carboxylic acid groups (broad SMARTS) is 1. The Bertz CT molecular complexity index is 1230. The van der Waals surface area contributed by atoms with Crippen LogP contribution in [0.1, 0.15) is 15.9 Å². The molecule has 4 aromatic carbocycles. The third-order valence-corrected chi connectivity index (χ3v) is 4.91. The quantitative estimate of drug-likeness (QED) is 0.438. The van der Waals surface area contributed by atoms with Crippen LogP contribution in [0.3, 0.4) is 0 Å². The molecule has 0 spiro atoms. The molecule has 4 aromatic rings. The van der Waals surface area contributed by atoms with Gasteiger partial charge in [-0.05, 0) is 51.7 Å². The topological polar surface area (TPSA) is 86.6 Å². The summed E-state index contributed by atoms with van der Waals surface area (Å²) in [7, 11) is 0. The van der Waals surface area contributed by atoms with Crippen molar-refractivity contribution < 1.29 is 19.8 Å². The summed E-state index contributed by atoms with van der Waals surface area (Å²) in [5.74, 6) is -1.17. The Kier molecular flexibility index (Phi) is 5.18. The fourth-order valence-corrected chi connectivity index (χ4v) is 3.37. The largest absolute Gasteiger partial charge is 0.508 e. The highest BCUT2D eigenvalue weighted by Gasteiger charge is 2.14. The molecule has 0 fully saturated rings. The molecule has 5 nitrogen and oxygen atoms in total. The van der Waals surface area contributed by atoms with E-state index >= 15 is 0 Å². The number of carbonyl (C=O) groups excluding carboxylic acids is 1. The maximum Gasteiger partial charge on any atom is 0.337 e. The van der Waals surface area contributed by atoms with Gasteiger partial charge in [-0.2, -0.15) is 0 Å². The van der Waals surface area contributed by atoms with Gasteiger partial charge in [0.2, 0.25) is 5.91 Å². The standard InChI is InChI=1S/C25H19NO4/c27-21-11-9-18(10-12-21)17-7-5-16(6-8-17)13-24(28)26-23-15-20-4-2-1-3-19(20)14-22(23)25(29)30/h1-12,14-15,27H,13H2,(H,26,28)(H,29,30). The number of nitrogens with one attached hydrogen (secondary N) is 1. The number of aromatic carboxylic acids is 1.